The molecular weight excluding hydrogens is 336 g/mol. The largest absolute Gasteiger partial charge is 0.271 e. The van der Waals surface area contributed by atoms with Crippen LogP contribution >= 0.6 is 27.7 Å². The van der Waals surface area contributed by atoms with Crippen LogP contribution in [0.4, 0.5) is 0 Å². The Morgan fingerprint density at radius 3 is 3.05 bits per heavy atom. The van der Waals surface area contributed by atoms with Crippen molar-refractivity contribution in [2.45, 2.75) is 36.1 Å². The number of nitrogens with zero attached hydrogens (tertiary/aromatic N) is 2. The quantitative estimate of drug-likeness (QED) is 0.656. The van der Waals surface area contributed by atoms with Crippen molar-refractivity contribution in [3.63, 3.8) is 0 Å². The van der Waals surface area contributed by atoms with Crippen molar-refractivity contribution in [3.8, 4) is 0 Å². The van der Waals surface area contributed by atoms with E-state index in [1.54, 1.807) is 0 Å². The van der Waals surface area contributed by atoms with E-state index in [0.29, 0.717) is 5.25 Å². The summed E-state index contributed by atoms with van der Waals surface area (Å²) in [4.78, 5) is 1.36. The summed E-state index contributed by atoms with van der Waals surface area (Å²) in [6.45, 7) is 2.93. The van der Waals surface area contributed by atoms with Crippen molar-refractivity contribution in [1.29, 1.82) is 0 Å². The summed E-state index contributed by atoms with van der Waals surface area (Å²) in [5.74, 6) is 5.85. The van der Waals surface area contributed by atoms with E-state index >= 15 is 0 Å². The predicted octanol–water partition coefficient (Wildman–Crippen LogP) is 2.89. The number of nitrogens with one attached hydrogen (secondary N) is 1. The Kier molecular flexibility index (Phi) is 4.16. The van der Waals surface area contributed by atoms with Gasteiger partial charge < -0.3 is 0 Å². The Morgan fingerprint density at radius 2 is 2.35 bits per heavy atom. The number of hydrogen-bond acceptors (Lipinski definition) is 4. The summed E-state index contributed by atoms with van der Waals surface area (Å²) >= 11 is 5.48. The molecule has 6 heteroatoms. The van der Waals surface area contributed by atoms with Crippen molar-refractivity contribution < 1.29 is 0 Å². The SMILES string of the molecule is CCn1ncc(Br)c1C(NN)C1Cc2ccccc2S1. The van der Waals surface area contributed by atoms with E-state index in [0.717, 1.165) is 23.1 Å². The lowest BCUT2D eigenvalue weighted by atomic mass is 10.0. The first-order chi connectivity index (χ1) is 9.74. The first-order valence-electron chi connectivity index (χ1n) is 6.66. The van der Waals surface area contributed by atoms with Crippen molar-refractivity contribution >= 4 is 27.7 Å². The van der Waals surface area contributed by atoms with Gasteiger partial charge >= 0.3 is 0 Å². The van der Waals surface area contributed by atoms with Gasteiger partial charge in [-0.1, -0.05) is 18.2 Å². The van der Waals surface area contributed by atoms with E-state index in [4.69, 9.17) is 5.84 Å². The molecule has 2 heterocycles. The number of nitrogens with two attached hydrogens (primary N) is 1. The molecule has 1 aromatic heterocycles. The maximum Gasteiger partial charge on any atom is 0.0765 e. The zero-order valence-corrected chi connectivity index (χ0v) is 13.6. The summed E-state index contributed by atoms with van der Waals surface area (Å²) in [6.07, 6.45) is 2.87. The lowest BCUT2D eigenvalue weighted by Crippen LogP contribution is -2.36. The van der Waals surface area contributed by atoms with Gasteiger partial charge in [-0.3, -0.25) is 16.0 Å². The zero-order chi connectivity index (χ0) is 14.1. The number of benzene rings is 1. The molecule has 106 valence electrons. The van der Waals surface area contributed by atoms with E-state index in [1.807, 2.05) is 22.6 Å². The minimum Gasteiger partial charge on any atom is -0.271 e. The van der Waals surface area contributed by atoms with Crippen LogP contribution in [0.1, 0.15) is 24.2 Å². The third kappa shape index (κ3) is 2.41. The van der Waals surface area contributed by atoms with Gasteiger partial charge in [-0.15, -0.1) is 11.8 Å². The Bertz CT molecular complexity index is 588. The minimum absolute atomic E-state index is 0.0734. The Hall–Kier alpha value is -0.820. The van der Waals surface area contributed by atoms with Crippen LogP contribution in [-0.2, 0) is 13.0 Å². The molecule has 20 heavy (non-hydrogen) atoms. The predicted molar refractivity (Wildman–Crippen MR) is 85.5 cm³/mol. The van der Waals surface area contributed by atoms with Gasteiger partial charge in [0, 0.05) is 16.7 Å². The van der Waals surface area contributed by atoms with Gasteiger partial charge in [0.15, 0.2) is 0 Å². The molecule has 0 saturated heterocycles. The summed E-state index contributed by atoms with van der Waals surface area (Å²) in [5, 5.41) is 4.77. The summed E-state index contributed by atoms with van der Waals surface area (Å²) < 4.78 is 3.01. The van der Waals surface area contributed by atoms with Crippen molar-refractivity contribution in [2.24, 2.45) is 5.84 Å². The van der Waals surface area contributed by atoms with Gasteiger partial charge in [0.05, 0.1) is 22.4 Å². The highest BCUT2D eigenvalue weighted by molar-refractivity contribution is 9.10. The van der Waals surface area contributed by atoms with Gasteiger partial charge in [0.25, 0.3) is 0 Å². The summed E-state index contributed by atoms with van der Waals surface area (Å²) in [6, 6.07) is 8.63. The molecule has 2 unspecified atom stereocenters. The topological polar surface area (TPSA) is 55.9 Å². The first kappa shape index (κ1) is 14.1. The van der Waals surface area contributed by atoms with Gasteiger partial charge in [-0.25, -0.2) is 0 Å². The molecule has 1 aromatic carbocycles. The third-order valence-corrected chi connectivity index (χ3v) is 5.66. The number of hydrazine groups is 1. The van der Waals surface area contributed by atoms with Crippen LogP contribution in [0.3, 0.4) is 0 Å². The van der Waals surface area contributed by atoms with E-state index in [-0.39, 0.29) is 6.04 Å². The molecule has 2 aromatic rings. The van der Waals surface area contributed by atoms with Crippen molar-refractivity contribution in [1.82, 2.24) is 15.2 Å². The average Bonchev–Trinajstić information content (AvgIpc) is 3.04. The molecule has 4 nitrogen and oxygen atoms in total. The lowest BCUT2D eigenvalue weighted by molar-refractivity contribution is 0.477. The van der Waals surface area contributed by atoms with Crippen LogP contribution in [0.5, 0.6) is 0 Å². The lowest BCUT2D eigenvalue weighted by Gasteiger charge is -2.23. The Balaban J connectivity index is 1.91. The number of hydrogen-bond donors (Lipinski definition) is 2. The monoisotopic (exact) mass is 352 g/mol. The molecule has 0 spiro atoms. The van der Waals surface area contributed by atoms with Crippen molar-refractivity contribution in [3.05, 3.63) is 46.2 Å². The van der Waals surface area contributed by atoms with Gasteiger partial charge in [-0.05, 0) is 40.9 Å². The fraction of sp³-hybridized carbons (Fsp3) is 0.357. The van der Waals surface area contributed by atoms with Crippen LogP contribution in [0.15, 0.2) is 39.8 Å². The number of rotatable bonds is 4. The second-order valence-corrected chi connectivity index (χ2v) is 6.94. The average molecular weight is 353 g/mol. The number of thioether (sulfide) groups is 1. The van der Waals surface area contributed by atoms with Crippen LogP contribution in [-0.4, -0.2) is 15.0 Å². The fourth-order valence-electron chi connectivity index (χ4n) is 2.69. The Morgan fingerprint density at radius 1 is 1.55 bits per heavy atom. The molecule has 1 aliphatic heterocycles. The first-order valence-corrected chi connectivity index (χ1v) is 8.33. The molecule has 0 bridgehead atoms. The molecule has 0 fully saturated rings. The number of halogens is 1. The minimum atomic E-state index is 0.0734. The second kappa shape index (κ2) is 5.89. The van der Waals surface area contributed by atoms with Gasteiger partial charge in [0.2, 0.25) is 0 Å². The van der Waals surface area contributed by atoms with Crippen LogP contribution in [0.2, 0.25) is 0 Å². The number of fused-ring (bicyclic) bond motifs is 1. The molecule has 2 atom stereocenters. The van der Waals surface area contributed by atoms with E-state index in [2.05, 4.69) is 57.6 Å². The molecule has 1 aliphatic rings. The highest BCUT2D eigenvalue weighted by Gasteiger charge is 2.32. The van der Waals surface area contributed by atoms with E-state index in [9.17, 15) is 0 Å². The Labute approximate surface area is 131 Å². The van der Waals surface area contributed by atoms with Crippen LogP contribution < -0.4 is 11.3 Å². The maximum atomic E-state index is 5.85. The highest BCUT2D eigenvalue weighted by atomic mass is 79.9. The molecule has 3 rings (SSSR count). The zero-order valence-electron chi connectivity index (χ0n) is 11.2. The molecule has 0 saturated carbocycles. The number of aromatic nitrogens is 2. The second-order valence-electron chi connectivity index (χ2n) is 4.81. The summed E-state index contributed by atoms with van der Waals surface area (Å²) in [7, 11) is 0. The standard InChI is InChI=1S/C14H17BrN4S/c1-2-19-14(10(15)8-17-19)13(18-16)12-7-9-5-3-4-6-11(9)20-12/h3-6,8,12-13,18H,2,7,16H2,1H3. The number of aryl methyl sites for hydroxylation is 1. The summed E-state index contributed by atoms with van der Waals surface area (Å²) in [5.41, 5.74) is 5.51. The third-order valence-electron chi connectivity index (χ3n) is 3.65. The highest BCUT2D eigenvalue weighted by Crippen LogP contribution is 2.43. The van der Waals surface area contributed by atoms with Crippen molar-refractivity contribution in [2.75, 3.05) is 0 Å². The molecular formula is C14H17BrN4S. The smallest absolute Gasteiger partial charge is 0.0765 e. The molecule has 0 radical (unpaired) electrons. The molecule has 0 amide bonds. The fourth-order valence-corrected chi connectivity index (χ4v) is 4.63. The van der Waals surface area contributed by atoms with Gasteiger partial charge in [0.1, 0.15) is 0 Å². The van der Waals surface area contributed by atoms with Crippen LogP contribution in [0, 0.1) is 0 Å². The molecule has 3 N–H and O–H groups in total. The maximum absolute atomic E-state index is 5.85. The van der Waals surface area contributed by atoms with Crippen LogP contribution in [0.25, 0.3) is 0 Å². The van der Waals surface area contributed by atoms with E-state index in [1.165, 1.54) is 10.5 Å². The van der Waals surface area contributed by atoms with E-state index < -0.39 is 0 Å². The van der Waals surface area contributed by atoms with Gasteiger partial charge in [-0.2, -0.15) is 5.10 Å². The normalized spacial score (nSPS) is 19.1. The molecule has 0 aliphatic carbocycles.